The fraction of sp³-hybridized carbons (Fsp3) is 0.321. The number of benzene rings is 3. The Balaban J connectivity index is 1.19. The number of halogens is 4. The van der Waals surface area contributed by atoms with Crippen molar-refractivity contribution in [1.29, 1.82) is 0 Å². The minimum Gasteiger partial charge on any atom is -0.490 e. The Morgan fingerprint density at radius 1 is 0.972 bits per heavy atom. The highest BCUT2D eigenvalue weighted by atomic mass is 35.5. The molecule has 0 unspecified atom stereocenters. The summed E-state index contributed by atoms with van der Waals surface area (Å²) in [5, 5.41) is 0.711. The van der Waals surface area contributed by atoms with Crippen LogP contribution >= 0.6 is 23.4 Å². The first-order valence-electron chi connectivity index (χ1n) is 11.9. The summed E-state index contributed by atoms with van der Waals surface area (Å²) in [4.78, 5) is 16.4. The van der Waals surface area contributed by atoms with E-state index in [0.29, 0.717) is 23.4 Å². The molecule has 2 heterocycles. The Kier molecular flexibility index (Phi) is 7.22. The number of amides is 1. The third-order valence-electron chi connectivity index (χ3n) is 6.81. The predicted octanol–water partition coefficient (Wildman–Crippen LogP) is 7.87. The second kappa shape index (κ2) is 10.4. The lowest BCUT2D eigenvalue weighted by Gasteiger charge is -2.39. The molecular formula is C28H25ClF3NO2S. The van der Waals surface area contributed by atoms with Crippen molar-refractivity contribution in [1.82, 2.24) is 4.90 Å². The van der Waals surface area contributed by atoms with Gasteiger partial charge in [-0.2, -0.15) is 13.2 Å². The van der Waals surface area contributed by atoms with E-state index < -0.39 is 11.7 Å². The summed E-state index contributed by atoms with van der Waals surface area (Å²) in [5.74, 6) is 1.03. The molecule has 2 atom stereocenters. The van der Waals surface area contributed by atoms with E-state index >= 15 is 0 Å². The Bertz CT molecular complexity index is 1200. The SMILES string of the molecule is O=C(c1ccc(CSc2ccc(Cl)cc2)cc1)N1[C@H]2CC[C@H]1CC(Oc1cccc(C(F)(F)F)c1)C2. The quantitative estimate of drug-likeness (QED) is 0.303. The van der Waals surface area contributed by atoms with Crippen molar-refractivity contribution in [3.63, 3.8) is 0 Å². The van der Waals surface area contributed by atoms with E-state index in [-0.39, 0.29) is 29.8 Å². The highest BCUT2D eigenvalue weighted by Gasteiger charge is 2.44. The van der Waals surface area contributed by atoms with Crippen molar-refractivity contribution in [2.24, 2.45) is 0 Å². The maximum absolute atomic E-state index is 13.3. The number of rotatable bonds is 6. The lowest BCUT2D eigenvalue weighted by Crippen LogP contribution is -2.49. The molecule has 0 aliphatic carbocycles. The topological polar surface area (TPSA) is 29.5 Å². The molecule has 0 aromatic heterocycles. The molecule has 0 spiro atoms. The van der Waals surface area contributed by atoms with Crippen molar-refractivity contribution in [2.75, 3.05) is 0 Å². The van der Waals surface area contributed by atoms with E-state index in [1.54, 1.807) is 17.8 Å². The molecule has 36 heavy (non-hydrogen) atoms. The fourth-order valence-corrected chi connectivity index (χ4v) is 6.06. The molecule has 2 saturated heterocycles. The zero-order chi connectivity index (χ0) is 25.3. The van der Waals surface area contributed by atoms with Crippen LogP contribution in [0.25, 0.3) is 0 Å². The number of ether oxygens (including phenoxy) is 1. The number of hydrogen-bond acceptors (Lipinski definition) is 3. The third-order valence-corrected chi connectivity index (χ3v) is 8.14. The molecule has 0 N–H and O–H groups in total. The standard InChI is InChI=1S/C28H25ClF3NO2S/c29-21-8-12-26(13-9-21)36-17-18-4-6-19(7-5-18)27(34)33-22-10-11-23(33)16-25(15-22)35-24-3-1-2-20(14-24)28(30,31)32/h1-9,12-14,22-23,25H,10-11,15-17H2/t22-,23-/m0/s1. The molecule has 0 radical (unpaired) electrons. The van der Waals surface area contributed by atoms with Crippen molar-refractivity contribution >= 4 is 29.3 Å². The van der Waals surface area contributed by atoms with Crippen LogP contribution in [0.5, 0.6) is 5.75 Å². The lowest BCUT2D eigenvalue weighted by atomic mass is 9.98. The largest absolute Gasteiger partial charge is 0.490 e. The summed E-state index contributed by atoms with van der Waals surface area (Å²) in [7, 11) is 0. The van der Waals surface area contributed by atoms with Crippen LogP contribution in [0.1, 0.15) is 47.2 Å². The number of fused-ring (bicyclic) bond motifs is 2. The molecular weight excluding hydrogens is 507 g/mol. The summed E-state index contributed by atoms with van der Waals surface area (Å²) in [5.41, 5.74) is 1.07. The van der Waals surface area contributed by atoms with Gasteiger partial charge in [0.2, 0.25) is 0 Å². The van der Waals surface area contributed by atoms with E-state index in [1.807, 2.05) is 53.4 Å². The van der Waals surface area contributed by atoms with Crippen LogP contribution in [0.4, 0.5) is 13.2 Å². The van der Waals surface area contributed by atoms with Crippen LogP contribution in [0.2, 0.25) is 5.02 Å². The van der Waals surface area contributed by atoms with E-state index in [1.165, 1.54) is 6.07 Å². The van der Waals surface area contributed by atoms with Crippen LogP contribution in [-0.2, 0) is 11.9 Å². The van der Waals surface area contributed by atoms with Gasteiger partial charge in [-0.25, -0.2) is 0 Å². The van der Waals surface area contributed by atoms with Crippen LogP contribution < -0.4 is 4.74 Å². The normalized spacial score (nSPS) is 21.4. The monoisotopic (exact) mass is 531 g/mol. The summed E-state index contributed by atoms with van der Waals surface area (Å²) in [6, 6.07) is 20.5. The van der Waals surface area contributed by atoms with Crippen molar-refractivity contribution in [3.8, 4) is 5.75 Å². The highest BCUT2D eigenvalue weighted by molar-refractivity contribution is 7.98. The van der Waals surface area contributed by atoms with Gasteiger partial charge in [-0.05, 0) is 73.0 Å². The summed E-state index contributed by atoms with van der Waals surface area (Å²) in [6.45, 7) is 0. The van der Waals surface area contributed by atoms with Gasteiger partial charge in [-0.3, -0.25) is 4.79 Å². The molecule has 2 bridgehead atoms. The first-order chi connectivity index (χ1) is 17.3. The van der Waals surface area contributed by atoms with Crippen LogP contribution in [0.3, 0.4) is 0 Å². The van der Waals surface area contributed by atoms with E-state index in [9.17, 15) is 18.0 Å². The summed E-state index contributed by atoms with van der Waals surface area (Å²) in [6.07, 6.45) is -1.60. The van der Waals surface area contributed by atoms with E-state index in [4.69, 9.17) is 16.3 Å². The molecule has 3 aromatic rings. The summed E-state index contributed by atoms with van der Waals surface area (Å²) >= 11 is 7.65. The summed E-state index contributed by atoms with van der Waals surface area (Å²) < 4.78 is 45.1. The molecule has 5 rings (SSSR count). The van der Waals surface area contributed by atoms with Gasteiger partial charge in [0.15, 0.2) is 0 Å². The first kappa shape index (κ1) is 25.0. The van der Waals surface area contributed by atoms with Crippen LogP contribution in [0, 0.1) is 0 Å². The molecule has 2 aliphatic heterocycles. The minimum absolute atomic E-state index is 0.0110. The predicted molar refractivity (Wildman–Crippen MR) is 136 cm³/mol. The van der Waals surface area contributed by atoms with Crippen LogP contribution in [-0.4, -0.2) is 29.0 Å². The number of alkyl halides is 3. The Morgan fingerprint density at radius 3 is 2.28 bits per heavy atom. The highest BCUT2D eigenvalue weighted by Crippen LogP contribution is 2.39. The van der Waals surface area contributed by atoms with Crippen molar-refractivity contribution in [3.05, 3.63) is 94.5 Å². The molecule has 2 fully saturated rings. The molecule has 8 heteroatoms. The zero-order valence-corrected chi connectivity index (χ0v) is 21.0. The van der Waals surface area contributed by atoms with Gasteiger partial charge in [0.1, 0.15) is 11.9 Å². The number of carbonyl (C=O) groups is 1. The molecule has 0 saturated carbocycles. The second-order valence-electron chi connectivity index (χ2n) is 9.27. The number of nitrogens with zero attached hydrogens (tertiary/aromatic N) is 1. The average molecular weight is 532 g/mol. The zero-order valence-electron chi connectivity index (χ0n) is 19.4. The maximum Gasteiger partial charge on any atom is 0.416 e. The van der Waals surface area contributed by atoms with Gasteiger partial charge in [0.25, 0.3) is 5.91 Å². The van der Waals surface area contributed by atoms with E-state index in [2.05, 4.69) is 0 Å². The molecule has 1 amide bonds. The van der Waals surface area contributed by atoms with Gasteiger partial charge in [-0.15, -0.1) is 11.8 Å². The Labute approximate surface area is 217 Å². The second-order valence-corrected chi connectivity index (χ2v) is 10.8. The maximum atomic E-state index is 13.3. The number of piperidine rings is 1. The van der Waals surface area contributed by atoms with Gasteiger partial charge in [0, 0.05) is 46.2 Å². The van der Waals surface area contributed by atoms with Gasteiger partial charge >= 0.3 is 6.18 Å². The smallest absolute Gasteiger partial charge is 0.416 e. The number of hydrogen-bond donors (Lipinski definition) is 0. The van der Waals surface area contributed by atoms with Crippen molar-refractivity contribution in [2.45, 2.75) is 60.7 Å². The molecule has 3 nitrogen and oxygen atoms in total. The van der Waals surface area contributed by atoms with Gasteiger partial charge < -0.3 is 9.64 Å². The van der Waals surface area contributed by atoms with Gasteiger partial charge in [0.05, 0.1) is 5.56 Å². The van der Waals surface area contributed by atoms with E-state index in [0.717, 1.165) is 41.2 Å². The number of thioether (sulfide) groups is 1. The molecule has 2 aliphatic rings. The molecule has 3 aromatic carbocycles. The van der Waals surface area contributed by atoms with Crippen molar-refractivity contribution < 1.29 is 22.7 Å². The Hall–Kier alpha value is -2.64. The lowest BCUT2D eigenvalue weighted by molar-refractivity contribution is -0.137. The molecule has 188 valence electrons. The fourth-order valence-electron chi connectivity index (χ4n) is 5.08. The Morgan fingerprint density at radius 2 is 1.64 bits per heavy atom. The van der Waals surface area contributed by atoms with Crippen LogP contribution in [0.15, 0.2) is 77.7 Å². The van der Waals surface area contributed by atoms with Gasteiger partial charge in [-0.1, -0.05) is 29.8 Å². The minimum atomic E-state index is -4.40. The number of carbonyl (C=O) groups excluding carboxylic acids is 1. The first-order valence-corrected chi connectivity index (χ1v) is 13.3. The average Bonchev–Trinajstić information content (AvgIpc) is 3.13. The third kappa shape index (κ3) is 5.68.